The zero-order valence-corrected chi connectivity index (χ0v) is 19.1. The van der Waals surface area contributed by atoms with Gasteiger partial charge in [0.2, 0.25) is 0 Å². The number of nitrogens with zero attached hydrogens (tertiary/aromatic N) is 1. The third kappa shape index (κ3) is 4.62. The van der Waals surface area contributed by atoms with E-state index in [9.17, 15) is 22.8 Å². The molecule has 0 saturated heterocycles. The normalized spacial score (nSPS) is 14.1. The SMILES string of the molecule is COc1ccccc1NC1=C(Sc2ccccc2)C(=O)N(c2cc(C(F)(F)F)ccc2Cl)C1=O. The summed E-state index contributed by atoms with van der Waals surface area (Å²) in [6.45, 7) is 0. The Bertz CT molecular complexity index is 1300. The van der Waals surface area contributed by atoms with Crippen LogP contribution in [-0.4, -0.2) is 18.9 Å². The Labute approximate surface area is 202 Å². The lowest BCUT2D eigenvalue weighted by atomic mass is 10.2. The van der Waals surface area contributed by atoms with Crippen LogP contribution in [0, 0.1) is 0 Å². The number of carbonyl (C=O) groups excluding carboxylic acids is 2. The number of carbonyl (C=O) groups is 2. The van der Waals surface area contributed by atoms with Gasteiger partial charge >= 0.3 is 6.18 Å². The maximum Gasteiger partial charge on any atom is 0.416 e. The lowest BCUT2D eigenvalue weighted by Gasteiger charge is -2.19. The number of anilines is 2. The number of benzene rings is 3. The smallest absolute Gasteiger partial charge is 0.416 e. The molecule has 34 heavy (non-hydrogen) atoms. The van der Waals surface area contributed by atoms with Crippen molar-refractivity contribution in [1.82, 2.24) is 0 Å². The molecule has 0 atom stereocenters. The van der Waals surface area contributed by atoms with E-state index >= 15 is 0 Å². The zero-order valence-electron chi connectivity index (χ0n) is 17.5. The van der Waals surface area contributed by atoms with Gasteiger partial charge in [-0.3, -0.25) is 9.59 Å². The van der Waals surface area contributed by atoms with Crippen molar-refractivity contribution in [2.24, 2.45) is 0 Å². The molecular weight excluding hydrogens is 489 g/mol. The molecule has 174 valence electrons. The number of ether oxygens (including phenoxy) is 1. The second-order valence-corrected chi connectivity index (χ2v) is 8.55. The minimum atomic E-state index is -4.68. The van der Waals surface area contributed by atoms with Crippen LogP contribution in [0.15, 0.2) is 88.3 Å². The van der Waals surface area contributed by atoms with E-state index in [-0.39, 0.29) is 21.3 Å². The van der Waals surface area contributed by atoms with Gasteiger partial charge in [0.05, 0.1) is 29.1 Å². The number of thioether (sulfide) groups is 1. The number of alkyl halides is 3. The molecule has 1 N–H and O–H groups in total. The van der Waals surface area contributed by atoms with Gasteiger partial charge in [0.1, 0.15) is 16.4 Å². The summed E-state index contributed by atoms with van der Waals surface area (Å²) < 4.78 is 45.3. The molecule has 3 aromatic carbocycles. The molecule has 1 heterocycles. The van der Waals surface area contributed by atoms with E-state index in [1.807, 2.05) is 0 Å². The molecule has 0 fully saturated rings. The molecule has 5 nitrogen and oxygen atoms in total. The molecule has 1 aliphatic heterocycles. The Morgan fingerprint density at radius 2 is 1.62 bits per heavy atom. The number of hydrogen-bond acceptors (Lipinski definition) is 5. The molecule has 0 aliphatic carbocycles. The zero-order chi connectivity index (χ0) is 24.5. The second-order valence-electron chi connectivity index (χ2n) is 7.05. The molecule has 0 unspecified atom stereocenters. The van der Waals surface area contributed by atoms with Crippen LogP contribution in [0.4, 0.5) is 24.5 Å². The van der Waals surface area contributed by atoms with Crippen LogP contribution in [0.5, 0.6) is 5.75 Å². The van der Waals surface area contributed by atoms with Gasteiger partial charge in [0, 0.05) is 4.90 Å². The number of methoxy groups -OCH3 is 1. The average molecular weight is 505 g/mol. The molecule has 0 spiro atoms. The molecule has 0 radical (unpaired) electrons. The summed E-state index contributed by atoms with van der Waals surface area (Å²) in [4.78, 5) is 28.2. The fourth-order valence-corrected chi connectivity index (χ4v) is 4.43. The van der Waals surface area contributed by atoms with Crippen molar-refractivity contribution < 1.29 is 27.5 Å². The van der Waals surface area contributed by atoms with Crippen molar-refractivity contribution in [2.45, 2.75) is 11.1 Å². The van der Waals surface area contributed by atoms with E-state index in [1.54, 1.807) is 54.6 Å². The van der Waals surface area contributed by atoms with Crippen molar-refractivity contribution in [3.05, 3.63) is 94.0 Å². The highest BCUT2D eigenvalue weighted by Gasteiger charge is 2.42. The first kappa shape index (κ1) is 23.7. The number of imide groups is 1. The van der Waals surface area contributed by atoms with E-state index in [0.29, 0.717) is 27.3 Å². The first-order chi connectivity index (χ1) is 16.2. The van der Waals surface area contributed by atoms with Crippen molar-refractivity contribution in [3.8, 4) is 5.75 Å². The van der Waals surface area contributed by atoms with E-state index in [1.165, 1.54) is 7.11 Å². The molecule has 1 aliphatic rings. The van der Waals surface area contributed by atoms with E-state index in [2.05, 4.69) is 5.32 Å². The van der Waals surface area contributed by atoms with Crippen LogP contribution in [0.2, 0.25) is 5.02 Å². The highest BCUT2D eigenvalue weighted by atomic mass is 35.5. The number of para-hydroxylation sites is 2. The fraction of sp³-hybridized carbons (Fsp3) is 0.0833. The van der Waals surface area contributed by atoms with Crippen LogP contribution in [0.1, 0.15) is 5.56 Å². The van der Waals surface area contributed by atoms with Gasteiger partial charge in [-0.15, -0.1) is 0 Å². The number of halogens is 4. The lowest BCUT2D eigenvalue weighted by molar-refractivity contribution is -0.137. The van der Waals surface area contributed by atoms with Crippen molar-refractivity contribution in [3.63, 3.8) is 0 Å². The standard InChI is InChI=1S/C24H16ClF3N2O3S/c1-33-19-10-6-5-9-17(19)29-20-21(34-15-7-3-2-4-8-15)23(32)30(22(20)31)18-13-14(24(26,27)28)11-12-16(18)25/h2-13,29H,1H3. The molecule has 10 heteroatoms. The van der Waals surface area contributed by atoms with Crippen molar-refractivity contribution >= 4 is 46.6 Å². The van der Waals surface area contributed by atoms with Crippen LogP contribution < -0.4 is 15.0 Å². The van der Waals surface area contributed by atoms with Crippen LogP contribution in [-0.2, 0) is 15.8 Å². The van der Waals surface area contributed by atoms with E-state index in [4.69, 9.17) is 16.3 Å². The third-order valence-electron chi connectivity index (χ3n) is 4.89. The second kappa shape index (κ2) is 9.44. The minimum Gasteiger partial charge on any atom is -0.495 e. The third-order valence-corrected chi connectivity index (χ3v) is 6.30. The lowest BCUT2D eigenvalue weighted by Crippen LogP contribution is -2.33. The monoisotopic (exact) mass is 504 g/mol. The van der Waals surface area contributed by atoms with Crippen molar-refractivity contribution in [2.75, 3.05) is 17.3 Å². The van der Waals surface area contributed by atoms with Gasteiger partial charge in [0.15, 0.2) is 0 Å². The summed E-state index contributed by atoms with van der Waals surface area (Å²) in [6, 6.07) is 18.0. The summed E-state index contributed by atoms with van der Waals surface area (Å²) in [7, 11) is 1.45. The molecule has 0 saturated carbocycles. The Morgan fingerprint density at radius 3 is 2.29 bits per heavy atom. The highest BCUT2D eigenvalue weighted by Crippen LogP contribution is 2.42. The molecular formula is C24H16ClF3N2O3S. The van der Waals surface area contributed by atoms with Gasteiger partial charge in [-0.25, -0.2) is 4.90 Å². The Hall–Kier alpha value is -3.43. The largest absolute Gasteiger partial charge is 0.495 e. The van der Waals surface area contributed by atoms with Crippen LogP contribution in [0.25, 0.3) is 0 Å². The van der Waals surface area contributed by atoms with Crippen molar-refractivity contribution in [1.29, 1.82) is 0 Å². The quantitative estimate of drug-likeness (QED) is 0.396. The fourth-order valence-electron chi connectivity index (χ4n) is 3.28. The predicted octanol–water partition coefficient (Wildman–Crippen LogP) is 6.36. The van der Waals surface area contributed by atoms with Gasteiger partial charge in [0.25, 0.3) is 11.8 Å². The maximum atomic E-state index is 13.4. The molecule has 2 amide bonds. The molecule has 4 rings (SSSR count). The number of rotatable bonds is 6. The number of nitrogens with one attached hydrogen (secondary N) is 1. The minimum absolute atomic E-state index is 0.00980. The molecule has 0 bridgehead atoms. The Morgan fingerprint density at radius 1 is 0.941 bits per heavy atom. The average Bonchev–Trinajstić information content (AvgIpc) is 3.03. The van der Waals surface area contributed by atoms with Gasteiger partial charge in [-0.2, -0.15) is 13.2 Å². The topological polar surface area (TPSA) is 58.6 Å². The van der Waals surface area contributed by atoms with E-state index in [0.717, 1.165) is 23.9 Å². The summed E-state index contributed by atoms with van der Waals surface area (Å²) in [5.74, 6) is -1.22. The van der Waals surface area contributed by atoms with Gasteiger partial charge in [-0.05, 0) is 42.5 Å². The highest BCUT2D eigenvalue weighted by molar-refractivity contribution is 8.04. The van der Waals surface area contributed by atoms with Gasteiger partial charge in [-0.1, -0.05) is 53.7 Å². The summed E-state index contributed by atoms with van der Waals surface area (Å²) in [5, 5.41) is 2.76. The summed E-state index contributed by atoms with van der Waals surface area (Å²) >= 11 is 7.16. The number of hydrogen-bond donors (Lipinski definition) is 1. The maximum absolute atomic E-state index is 13.4. The van der Waals surface area contributed by atoms with Crippen LogP contribution in [0.3, 0.4) is 0 Å². The number of amides is 2. The first-order valence-electron chi connectivity index (χ1n) is 9.83. The Balaban J connectivity index is 1.81. The van der Waals surface area contributed by atoms with Gasteiger partial charge < -0.3 is 10.1 Å². The Kier molecular flexibility index (Phi) is 6.58. The van der Waals surface area contributed by atoms with E-state index < -0.39 is 23.6 Å². The molecule has 0 aromatic heterocycles. The van der Waals surface area contributed by atoms with Crippen LogP contribution >= 0.6 is 23.4 Å². The summed E-state index contributed by atoms with van der Waals surface area (Å²) in [6.07, 6.45) is -4.68. The predicted molar refractivity (Wildman–Crippen MR) is 125 cm³/mol. The summed E-state index contributed by atoms with van der Waals surface area (Å²) in [5.41, 5.74) is -1.08. The first-order valence-corrected chi connectivity index (χ1v) is 11.0. The molecule has 3 aromatic rings.